The van der Waals surface area contributed by atoms with Crippen LogP contribution in [0.4, 0.5) is 0 Å². The third kappa shape index (κ3) is 43.5. The highest BCUT2D eigenvalue weighted by Gasteiger charge is 2.27. The average Bonchev–Trinajstić information content (AvgIpc) is 3.17. The number of carbonyl (C=O) groups excluding carboxylic acids is 2. The zero-order chi connectivity index (χ0) is 42.8. The fourth-order valence-electron chi connectivity index (χ4n) is 6.18. The molecule has 58 heavy (non-hydrogen) atoms. The predicted molar refractivity (Wildman–Crippen MR) is 243 cm³/mol. The van der Waals surface area contributed by atoms with E-state index in [1.54, 1.807) is 0 Å². The van der Waals surface area contributed by atoms with Crippen molar-refractivity contribution in [3.8, 4) is 0 Å². The van der Waals surface area contributed by atoms with Crippen LogP contribution in [0.5, 0.6) is 0 Å². The van der Waals surface area contributed by atoms with Gasteiger partial charge in [0.15, 0.2) is 6.10 Å². The van der Waals surface area contributed by atoms with E-state index in [0.717, 1.165) is 44.9 Å². The molecule has 0 amide bonds. The topological polar surface area (TPSA) is 108 Å². The highest BCUT2D eigenvalue weighted by Crippen LogP contribution is 2.43. The molecule has 0 heterocycles. The average molecular weight is 839 g/mol. The molecule has 0 fully saturated rings. The van der Waals surface area contributed by atoms with Crippen molar-refractivity contribution in [2.24, 2.45) is 0 Å². The van der Waals surface area contributed by atoms with Crippen LogP contribution in [0.25, 0.3) is 0 Å². The Labute approximate surface area is 356 Å². The van der Waals surface area contributed by atoms with Gasteiger partial charge in [0.1, 0.15) is 19.8 Å². The SMILES string of the molecule is CCCCC/C=C/C/C=C/C/C=C/C/C=C/CCCC(=O)O[C@H](COC(=O)CCCCCCCCCCCCCCCCCCC)COP(=O)(O)OCC[N+](C)(C)C. The van der Waals surface area contributed by atoms with Crippen LogP contribution in [0.2, 0.25) is 0 Å². The van der Waals surface area contributed by atoms with Crippen LogP contribution in [0.1, 0.15) is 194 Å². The molecule has 0 aliphatic carbocycles. The van der Waals surface area contributed by atoms with Crippen molar-refractivity contribution in [2.45, 2.75) is 200 Å². The maximum atomic E-state index is 12.7. The number of nitrogens with zero attached hydrogens (tertiary/aromatic N) is 1. The van der Waals surface area contributed by atoms with Gasteiger partial charge < -0.3 is 18.9 Å². The summed E-state index contributed by atoms with van der Waals surface area (Å²) in [5, 5.41) is 0. The van der Waals surface area contributed by atoms with Crippen LogP contribution < -0.4 is 0 Å². The maximum absolute atomic E-state index is 12.7. The highest BCUT2D eigenvalue weighted by molar-refractivity contribution is 7.47. The number of rotatable bonds is 42. The number of unbranched alkanes of at least 4 members (excludes halogenated alkanes) is 20. The predicted octanol–water partition coefficient (Wildman–Crippen LogP) is 13.5. The van der Waals surface area contributed by atoms with E-state index in [4.69, 9.17) is 18.5 Å². The van der Waals surface area contributed by atoms with Crippen LogP contribution in [0.15, 0.2) is 48.6 Å². The fraction of sp³-hybridized carbons (Fsp3) is 0.792. The second-order valence-electron chi connectivity index (χ2n) is 16.8. The lowest BCUT2D eigenvalue weighted by atomic mass is 10.0. The first-order valence-corrected chi connectivity index (χ1v) is 24.9. The number of hydrogen-bond acceptors (Lipinski definition) is 7. The van der Waals surface area contributed by atoms with Crippen molar-refractivity contribution in [1.29, 1.82) is 0 Å². The molecule has 1 N–H and O–H groups in total. The molecule has 10 heteroatoms. The van der Waals surface area contributed by atoms with Gasteiger partial charge in [-0.15, -0.1) is 0 Å². The molecule has 338 valence electrons. The van der Waals surface area contributed by atoms with Crippen LogP contribution in [-0.2, 0) is 32.7 Å². The van der Waals surface area contributed by atoms with Gasteiger partial charge in [0.05, 0.1) is 27.7 Å². The largest absolute Gasteiger partial charge is 0.472 e. The van der Waals surface area contributed by atoms with E-state index >= 15 is 0 Å². The second-order valence-corrected chi connectivity index (χ2v) is 18.2. The first-order chi connectivity index (χ1) is 28.0. The number of hydrogen-bond donors (Lipinski definition) is 1. The Balaban J connectivity index is 4.40. The van der Waals surface area contributed by atoms with Crippen molar-refractivity contribution in [2.75, 3.05) is 47.5 Å². The molecule has 0 rings (SSSR count). The molecule has 0 radical (unpaired) electrons. The molecule has 2 atom stereocenters. The Morgan fingerprint density at radius 1 is 0.534 bits per heavy atom. The van der Waals surface area contributed by atoms with Gasteiger partial charge in [0, 0.05) is 12.8 Å². The normalized spacial score (nSPS) is 14.0. The molecule has 9 nitrogen and oxygen atoms in total. The van der Waals surface area contributed by atoms with Gasteiger partial charge >= 0.3 is 19.8 Å². The lowest BCUT2D eigenvalue weighted by Crippen LogP contribution is -2.37. The number of phosphoric ester groups is 1. The summed E-state index contributed by atoms with van der Waals surface area (Å²) in [6, 6.07) is 0. The van der Waals surface area contributed by atoms with E-state index in [-0.39, 0.29) is 32.0 Å². The molecular weight excluding hydrogens is 750 g/mol. The van der Waals surface area contributed by atoms with E-state index in [9.17, 15) is 19.0 Å². The van der Waals surface area contributed by atoms with Gasteiger partial charge in [-0.2, -0.15) is 0 Å². The molecular formula is C48H89NO8P+. The van der Waals surface area contributed by atoms with E-state index in [0.29, 0.717) is 17.4 Å². The lowest BCUT2D eigenvalue weighted by molar-refractivity contribution is -0.870. The Hall–Kier alpha value is -2.03. The summed E-state index contributed by atoms with van der Waals surface area (Å²) in [6.07, 6.45) is 47.4. The van der Waals surface area contributed by atoms with Gasteiger partial charge in [-0.25, -0.2) is 4.57 Å². The Morgan fingerprint density at radius 3 is 1.43 bits per heavy atom. The minimum Gasteiger partial charge on any atom is -0.462 e. The number of carbonyl (C=O) groups is 2. The summed E-state index contributed by atoms with van der Waals surface area (Å²) >= 11 is 0. The summed E-state index contributed by atoms with van der Waals surface area (Å²) in [6.45, 7) is 4.34. The van der Waals surface area contributed by atoms with E-state index in [1.165, 1.54) is 116 Å². The van der Waals surface area contributed by atoms with E-state index in [2.05, 4.69) is 56.4 Å². The summed E-state index contributed by atoms with van der Waals surface area (Å²) in [7, 11) is 1.44. The zero-order valence-electron chi connectivity index (χ0n) is 38.0. The highest BCUT2D eigenvalue weighted by atomic mass is 31.2. The first-order valence-electron chi connectivity index (χ1n) is 23.4. The number of phosphoric acid groups is 1. The third-order valence-corrected chi connectivity index (χ3v) is 10.8. The quantitative estimate of drug-likeness (QED) is 0.0213. The van der Waals surface area contributed by atoms with Crippen LogP contribution >= 0.6 is 7.82 Å². The van der Waals surface area contributed by atoms with Crippen LogP contribution in [0.3, 0.4) is 0 Å². The zero-order valence-corrected chi connectivity index (χ0v) is 38.9. The Kier molecular flexibility index (Phi) is 39.0. The number of ether oxygens (including phenoxy) is 2. The standard InChI is InChI=1S/C48H88NO8P/c1-6-8-10-12-14-16-18-20-22-24-26-28-30-32-34-36-38-40-47(50)54-44-46(45-56-58(52,53)55-43-42-49(3,4)5)57-48(51)41-39-37-35-33-31-29-27-25-23-21-19-17-15-13-11-9-7-2/h15,17,21,23,27,29,33,35,46H,6-14,16,18-20,22,24-26,28,30-32,34,36-45H2,1-5H3/p+1/b17-15+,23-21+,29-27+,35-33+/t46-/m1/s1. The first kappa shape index (κ1) is 56.0. The summed E-state index contributed by atoms with van der Waals surface area (Å²) in [5.41, 5.74) is 0. The molecule has 0 saturated carbocycles. The molecule has 1 unspecified atom stereocenters. The molecule has 0 aromatic carbocycles. The number of quaternary nitrogens is 1. The Morgan fingerprint density at radius 2 is 0.948 bits per heavy atom. The minimum atomic E-state index is -4.39. The van der Waals surface area contributed by atoms with E-state index < -0.39 is 26.5 Å². The monoisotopic (exact) mass is 839 g/mol. The summed E-state index contributed by atoms with van der Waals surface area (Å²) in [5.74, 6) is -0.860. The second kappa shape index (κ2) is 40.4. The smallest absolute Gasteiger partial charge is 0.462 e. The van der Waals surface area contributed by atoms with Crippen molar-refractivity contribution in [3.63, 3.8) is 0 Å². The van der Waals surface area contributed by atoms with Gasteiger partial charge in [-0.05, 0) is 51.4 Å². The van der Waals surface area contributed by atoms with Crippen molar-refractivity contribution >= 4 is 19.8 Å². The van der Waals surface area contributed by atoms with Crippen molar-refractivity contribution in [1.82, 2.24) is 0 Å². The molecule has 0 spiro atoms. The molecule has 0 bridgehead atoms. The molecule has 0 aliphatic heterocycles. The van der Waals surface area contributed by atoms with Gasteiger partial charge in [-0.3, -0.25) is 18.6 Å². The molecule has 0 aromatic rings. The summed E-state index contributed by atoms with van der Waals surface area (Å²) in [4.78, 5) is 35.4. The van der Waals surface area contributed by atoms with E-state index in [1.807, 2.05) is 27.2 Å². The van der Waals surface area contributed by atoms with Gasteiger partial charge in [-0.1, -0.05) is 178 Å². The van der Waals surface area contributed by atoms with Crippen LogP contribution in [-0.4, -0.2) is 74.9 Å². The third-order valence-electron chi connectivity index (χ3n) is 9.86. The number of esters is 2. The number of likely N-dealkylation sites (N-methyl/N-ethyl adjacent to an activating group) is 1. The molecule has 0 aromatic heterocycles. The van der Waals surface area contributed by atoms with Crippen LogP contribution in [0, 0.1) is 0 Å². The number of allylic oxidation sites excluding steroid dienone is 8. The van der Waals surface area contributed by atoms with Gasteiger partial charge in [0.2, 0.25) is 0 Å². The van der Waals surface area contributed by atoms with Gasteiger partial charge in [0.25, 0.3) is 0 Å². The minimum absolute atomic E-state index is 0.0214. The van der Waals surface area contributed by atoms with Crippen molar-refractivity contribution < 1.29 is 42.1 Å². The van der Waals surface area contributed by atoms with Crippen molar-refractivity contribution in [3.05, 3.63) is 48.6 Å². The summed E-state index contributed by atoms with van der Waals surface area (Å²) < 4.78 is 34.3. The molecule has 0 aliphatic rings. The maximum Gasteiger partial charge on any atom is 0.472 e. The lowest BCUT2D eigenvalue weighted by Gasteiger charge is -2.24. The fourth-order valence-corrected chi connectivity index (χ4v) is 6.92. The molecule has 0 saturated heterocycles. The Bertz CT molecular complexity index is 1130.